The van der Waals surface area contributed by atoms with E-state index in [1.807, 2.05) is 0 Å². The smallest absolute Gasteiger partial charge is 0.243 e. The van der Waals surface area contributed by atoms with Crippen molar-refractivity contribution < 1.29 is 26.0 Å². The van der Waals surface area contributed by atoms with Crippen molar-refractivity contribution in [2.45, 2.75) is 37.1 Å². The maximum absolute atomic E-state index is 13.1. The van der Waals surface area contributed by atoms with E-state index in [9.17, 15) is 26.0 Å². The molecule has 1 N–H and O–H groups in total. The van der Waals surface area contributed by atoms with Gasteiger partial charge in [-0.05, 0) is 50.5 Å². The number of rotatable bonds is 5. The lowest BCUT2D eigenvalue weighted by atomic mass is 9.97. The molecule has 1 amide bonds. The van der Waals surface area contributed by atoms with E-state index in [1.165, 1.54) is 16.4 Å². The minimum absolute atomic E-state index is 0.00335. The molecule has 1 aromatic heterocycles. The van der Waals surface area contributed by atoms with Crippen molar-refractivity contribution in [3.8, 4) is 0 Å². The molecule has 1 unspecified atom stereocenters. The van der Waals surface area contributed by atoms with Crippen LogP contribution < -0.4 is 5.32 Å². The number of sulfonamides is 1. The molecule has 2 fully saturated rings. The van der Waals surface area contributed by atoms with Crippen LogP contribution in [0.2, 0.25) is 0 Å². The zero-order valence-electron chi connectivity index (χ0n) is 17.6. The molecular weight excluding hydrogens is 459 g/mol. The first-order chi connectivity index (χ1) is 15.0. The molecule has 12 heteroatoms. The Balaban J connectivity index is 1.40. The number of benzene rings is 1. The molecule has 0 saturated carbocycles. The highest BCUT2D eigenvalue weighted by molar-refractivity contribution is 7.91. The number of hydrogen-bond acceptors (Lipinski definition) is 6. The van der Waals surface area contributed by atoms with Crippen molar-refractivity contribution in [1.82, 2.24) is 14.1 Å². The lowest BCUT2D eigenvalue weighted by molar-refractivity contribution is -0.121. The predicted molar refractivity (Wildman–Crippen MR) is 116 cm³/mol. The summed E-state index contributed by atoms with van der Waals surface area (Å²) in [4.78, 5) is 12.9. The molecule has 0 radical (unpaired) electrons. The second-order valence-electron chi connectivity index (χ2n) is 8.29. The number of aryl methyl sites for hydroxylation is 1. The molecule has 174 valence electrons. The minimum atomic E-state index is -3.75. The van der Waals surface area contributed by atoms with E-state index < -0.39 is 25.7 Å². The first kappa shape index (κ1) is 22.9. The van der Waals surface area contributed by atoms with E-state index in [0.29, 0.717) is 30.8 Å². The molecule has 2 saturated heterocycles. The van der Waals surface area contributed by atoms with Gasteiger partial charge in [-0.25, -0.2) is 25.9 Å². The number of aromatic nitrogens is 2. The second kappa shape index (κ2) is 8.56. The van der Waals surface area contributed by atoms with Gasteiger partial charge in [-0.1, -0.05) is 0 Å². The van der Waals surface area contributed by atoms with Crippen molar-refractivity contribution >= 4 is 31.6 Å². The summed E-state index contributed by atoms with van der Waals surface area (Å²) in [6.07, 6.45) is 1.14. The molecule has 0 spiro atoms. The lowest BCUT2D eigenvalue weighted by Gasteiger charge is -2.30. The Hall–Kier alpha value is -2.31. The number of nitrogens with zero attached hydrogens (tertiary/aromatic N) is 3. The Kier molecular flexibility index (Phi) is 6.12. The molecule has 0 bridgehead atoms. The second-order valence-corrected chi connectivity index (χ2v) is 12.5. The van der Waals surface area contributed by atoms with Gasteiger partial charge in [-0.3, -0.25) is 4.79 Å². The van der Waals surface area contributed by atoms with Gasteiger partial charge in [0.2, 0.25) is 15.9 Å². The minimum Gasteiger partial charge on any atom is -0.311 e. The standard InChI is InChI=1S/C20H25FN4O5S2/c1-14-12-19(25(23-14)17-8-11-31(27,28)13-17)22-20(26)15-6-9-24(10-7-15)32(29,30)18-4-2-16(21)3-5-18/h2-5,12,15,17H,6-11,13H2,1H3,(H,22,26). The van der Waals surface area contributed by atoms with Crippen molar-refractivity contribution in [2.24, 2.45) is 5.92 Å². The van der Waals surface area contributed by atoms with Crippen LogP contribution in [0.5, 0.6) is 0 Å². The number of carbonyl (C=O) groups is 1. The van der Waals surface area contributed by atoms with Gasteiger partial charge >= 0.3 is 0 Å². The summed E-state index contributed by atoms with van der Waals surface area (Å²) in [6.45, 7) is 2.13. The van der Waals surface area contributed by atoms with Crippen molar-refractivity contribution in [1.29, 1.82) is 0 Å². The molecule has 3 heterocycles. The van der Waals surface area contributed by atoms with Gasteiger partial charge in [0.05, 0.1) is 28.1 Å². The third-order valence-corrected chi connectivity index (χ3v) is 9.60. The average molecular weight is 485 g/mol. The van der Waals surface area contributed by atoms with Crippen LogP contribution in [0.1, 0.15) is 31.0 Å². The van der Waals surface area contributed by atoms with E-state index in [0.717, 1.165) is 12.1 Å². The molecule has 2 aromatic rings. The summed E-state index contributed by atoms with van der Waals surface area (Å²) in [5.41, 5.74) is 0.671. The van der Waals surface area contributed by atoms with E-state index >= 15 is 0 Å². The third kappa shape index (κ3) is 4.71. The van der Waals surface area contributed by atoms with E-state index in [1.54, 1.807) is 17.7 Å². The summed E-state index contributed by atoms with van der Waals surface area (Å²) in [5, 5.41) is 7.22. The van der Waals surface area contributed by atoms with Crippen LogP contribution in [0.4, 0.5) is 10.2 Å². The number of amides is 1. The Morgan fingerprint density at radius 1 is 1.16 bits per heavy atom. The van der Waals surface area contributed by atoms with Gasteiger partial charge in [0.25, 0.3) is 0 Å². The SMILES string of the molecule is Cc1cc(NC(=O)C2CCN(S(=O)(=O)c3ccc(F)cc3)CC2)n(C2CCS(=O)(=O)C2)n1. The maximum atomic E-state index is 13.1. The highest BCUT2D eigenvalue weighted by Gasteiger charge is 2.34. The Morgan fingerprint density at radius 3 is 2.41 bits per heavy atom. The number of sulfone groups is 1. The number of halogens is 1. The number of carbonyl (C=O) groups excluding carboxylic acids is 1. The monoisotopic (exact) mass is 484 g/mol. The molecule has 0 aliphatic carbocycles. The summed E-state index contributed by atoms with van der Waals surface area (Å²) in [5.74, 6) is -0.585. The average Bonchev–Trinajstić information content (AvgIpc) is 3.29. The number of piperidine rings is 1. The molecule has 4 rings (SSSR count). The largest absolute Gasteiger partial charge is 0.311 e. The number of nitrogens with one attached hydrogen (secondary N) is 1. The first-order valence-corrected chi connectivity index (χ1v) is 13.6. The lowest BCUT2D eigenvalue weighted by Crippen LogP contribution is -2.41. The summed E-state index contributed by atoms with van der Waals surface area (Å²) in [6, 6.07) is 6.07. The highest BCUT2D eigenvalue weighted by Crippen LogP contribution is 2.29. The maximum Gasteiger partial charge on any atom is 0.243 e. The van der Waals surface area contributed by atoms with Crippen LogP contribution in [-0.4, -0.2) is 61.4 Å². The fourth-order valence-corrected chi connectivity index (χ4v) is 7.36. The molecule has 32 heavy (non-hydrogen) atoms. The molecule has 2 aliphatic heterocycles. The summed E-state index contributed by atoms with van der Waals surface area (Å²) < 4.78 is 65.2. The molecule has 9 nitrogen and oxygen atoms in total. The van der Waals surface area contributed by atoms with Gasteiger partial charge in [0, 0.05) is 25.1 Å². The normalized spacial score (nSPS) is 22.1. The van der Waals surface area contributed by atoms with E-state index in [2.05, 4.69) is 10.4 Å². The van der Waals surface area contributed by atoms with Crippen molar-refractivity contribution in [3.05, 3.63) is 41.8 Å². The van der Waals surface area contributed by atoms with Crippen LogP contribution >= 0.6 is 0 Å². The van der Waals surface area contributed by atoms with Gasteiger partial charge in [0.15, 0.2) is 9.84 Å². The van der Waals surface area contributed by atoms with E-state index in [4.69, 9.17) is 0 Å². The predicted octanol–water partition coefficient (Wildman–Crippen LogP) is 1.73. The quantitative estimate of drug-likeness (QED) is 0.691. The number of anilines is 1. The molecule has 2 aliphatic rings. The van der Waals surface area contributed by atoms with Crippen molar-refractivity contribution in [3.63, 3.8) is 0 Å². The summed E-state index contributed by atoms with van der Waals surface area (Å²) in [7, 11) is -6.85. The van der Waals surface area contributed by atoms with Crippen LogP contribution in [0, 0.1) is 18.7 Å². The van der Waals surface area contributed by atoms with Gasteiger partial charge in [-0.2, -0.15) is 9.40 Å². The fraction of sp³-hybridized carbons (Fsp3) is 0.500. The zero-order valence-corrected chi connectivity index (χ0v) is 19.2. The first-order valence-electron chi connectivity index (χ1n) is 10.4. The topological polar surface area (TPSA) is 118 Å². The number of hydrogen-bond donors (Lipinski definition) is 1. The van der Waals surface area contributed by atoms with Gasteiger partial charge in [-0.15, -0.1) is 0 Å². The van der Waals surface area contributed by atoms with Crippen LogP contribution in [0.3, 0.4) is 0 Å². The Morgan fingerprint density at radius 2 is 1.81 bits per heavy atom. The molecule has 1 atom stereocenters. The molecule has 1 aromatic carbocycles. The third-order valence-electron chi connectivity index (χ3n) is 5.94. The highest BCUT2D eigenvalue weighted by atomic mass is 32.2. The Labute approximate surface area is 186 Å². The van der Waals surface area contributed by atoms with Crippen LogP contribution in [0.15, 0.2) is 35.2 Å². The van der Waals surface area contributed by atoms with Gasteiger partial charge < -0.3 is 5.32 Å². The van der Waals surface area contributed by atoms with Gasteiger partial charge in [0.1, 0.15) is 11.6 Å². The van der Waals surface area contributed by atoms with E-state index in [-0.39, 0.29) is 47.4 Å². The van der Waals surface area contributed by atoms with Crippen LogP contribution in [0.25, 0.3) is 0 Å². The molecular formula is C20H25FN4O5S2. The van der Waals surface area contributed by atoms with Crippen LogP contribution in [-0.2, 0) is 24.7 Å². The fourth-order valence-electron chi connectivity index (χ4n) is 4.20. The Bertz CT molecular complexity index is 1220. The summed E-state index contributed by atoms with van der Waals surface area (Å²) >= 11 is 0. The zero-order chi connectivity index (χ0) is 23.1. The van der Waals surface area contributed by atoms with Crippen molar-refractivity contribution in [2.75, 3.05) is 29.9 Å².